The normalized spacial score (nSPS) is 13.1. The maximum Gasteiger partial charge on any atom is 0.335 e. The molecule has 2 rings (SSSR count). The second-order valence-corrected chi connectivity index (χ2v) is 5.27. The summed E-state index contributed by atoms with van der Waals surface area (Å²) < 4.78 is 0. The van der Waals surface area contributed by atoms with Gasteiger partial charge in [0, 0.05) is 25.3 Å². The number of rotatable bonds is 5. The molecule has 0 unspecified atom stereocenters. The van der Waals surface area contributed by atoms with Gasteiger partial charge in [-0.05, 0) is 37.5 Å². The van der Waals surface area contributed by atoms with Crippen LogP contribution in [-0.4, -0.2) is 41.6 Å². The van der Waals surface area contributed by atoms with E-state index in [0.29, 0.717) is 13.1 Å². The highest BCUT2D eigenvalue weighted by molar-refractivity contribution is 5.97. The molecule has 1 heterocycles. The molecule has 5 nitrogen and oxygen atoms in total. The van der Waals surface area contributed by atoms with Crippen LogP contribution in [0.15, 0.2) is 18.2 Å². The van der Waals surface area contributed by atoms with Gasteiger partial charge in [0.1, 0.15) is 0 Å². The average molecular weight is 290 g/mol. The van der Waals surface area contributed by atoms with E-state index in [9.17, 15) is 9.59 Å². The molecule has 2 amide bonds. The Labute approximate surface area is 125 Å². The highest BCUT2D eigenvalue weighted by atomic mass is 16.4. The molecule has 0 aliphatic carbocycles. The van der Waals surface area contributed by atoms with Crippen molar-refractivity contribution in [2.75, 3.05) is 24.5 Å². The molecule has 0 saturated heterocycles. The Morgan fingerprint density at radius 1 is 1.33 bits per heavy atom. The molecule has 0 aromatic heterocycles. The number of anilines is 1. The Balaban J connectivity index is 2.22. The van der Waals surface area contributed by atoms with Crippen molar-refractivity contribution < 1.29 is 14.7 Å². The van der Waals surface area contributed by atoms with E-state index in [-0.39, 0.29) is 11.6 Å². The third-order valence-corrected chi connectivity index (χ3v) is 3.89. The van der Waals surface area contributed by atoms with Gasteiger partial charge in [-0.2, -0.15) is 0 Å². The number of carboxylic acids is 1. The zero-order chi connectivity index (χ0) is 15.4. The maximum atomic E-state index is 12.6. The van der Waals surface area contributed by atoms with Crippen LogP contribution in [0.1, 0.15) is 42.6 Å². The van der Waals surface area contributed by atoms with Gasteiger partial charge in [0.2, 0.25) is 0 Å². The van der Waals surface area contributed by atoms with Gasteiger partial charge in [0.05, 0.1) is 5.56 Å². The monoisotopic (exact) mass is 290 g/mol. The lowest BCUT2D eigenvalue weighted by atomic mass is 10.1. The molecule has 1 N–H and O–H groups in total. The van der Waals surface area contributed by atoms with Crippen molar-refractivity contribution in [3.05, 3.63) is 29.3 Å². The van der Waals surface area contributed by atoms with Crippen LogP contribution in [0.3, 0.4) is 0 Å². The number of nitrogens with zero attached hydrogens (tertiary/aromatic N) is 2. The number of carbonyl (C=O) groups excluding carboxylic acids is 1. The summed E-state index contributed by atoms with van der Waals surface area (Å²) in [5, 5.41) is 9.10. The van der Waals surface area contributed by atoms with Crippen LogP contribution in [0.25, 0.3) is 0 Å². The third kappa shape index (κ3) is 3.17. The van der Waals surface area contributed by atoms with Crippen molar-refractivity contribution in [3.63, 3.8) is 0 Å². The Hall–Kier alpha value is -2.04. The van der Waals surface area contributed by atoms with Crippen molar-refractivity contribution in [2.24, 2.45) is 0 Å². The van der Waals surface area contributed by atoms with Crippen LogP contribution >= 0.6 is 0 Å². The Bertz CT molecular complexity index is 542. The summed E-state index contributed by atoms with van der Waals surface area (Å²) in [6, 6.07) is 5.00. The highest BCUT2D eigenvalue weighted by Crippen LogP contribution is 2.30. The molecule has 1 aromatic rings. The first-order valence-corrected chi connectivity index (χ1v) is 7.51. The number of carboxylic acid groups (broad SMARTS) is 1. The Morgan fingerprint density at radius 2 is 2.10 bits per heavy atom. The molecule has 1 aromatic carbocycles. The molecule has 0 bridgehead atoms. The molecule has 114 valence electrons. The summed E-state index contributed by atoms with van der Waals surface area (Å²) in [6.45, 7) is 6.11. The van der Waals surface area contributed by atoms with Crippen LogP contribution in [-0.2, 0) is 6.42 Å². The molecule has 21 heavy (non-hydrogen) atoms. The predicted molar refractivity (Wildman–Crippen MR) is 82.0 cm³/mol. The van der Waals surface area contributed by atoms with E-state index in [1.807, 2.05) is 17.9 Å². The number of hydrogen-bond donors (Lipinski definition) is 1. The quantitative estimate of drug-likeness (QED) is 0.906. The molecule has 5 heteroatoms. The van der Waals surface area contributed by atoms with E-state index in [1.165, 1.54) is 0 Å². The van der Waals surface area contributed by atoms with E-state index in [1.54, 1.807) is 17.0 Å². The van der Waals surface area contributed by atoms with Crippen molar-refractivity contribution in [3.8, 4) is 0 Å². The molecule has 0 saturated carbocycles. The average Bonchev–Trinajstić information content (AvgIpc) is 2.90. The third-order valence-electron chi connectivity index (χ3n) is 3.89. The second-order valence-electron chi connectivity index (χ2n) is 5.27. The van der Waals surface area contributed by atoms with E-state index < -0.39 is 5.97 Å². The smallest absolute Gasteiger partial charge is 0.335 e. The number of carbonyl (C=O) groups is 2. The number of urea groups is 1. The number of hydrogen-bond acceptors (Lipinski definition) is 2. The summed E-state index contributed by atoms with van der Waals surface area (Å²) in [5.74, 6) is -0.963. The molecular weight excluding hydrogens is 268 g/mol. The summed E-state index contributed by atoms with van der Waals surface area (Å²) in [6.07, 6.45) is 2.81. The number of unbranched alkanes of at least 4 members (excludes halogenated alkanes) is 1. The van der Waals surface area contributed by atoms with Gasteiger partial charge in [-0.25, -0.2) is 9.59 Å². The number of aromatic carboxylic acids is 1. The summed E-state index contributed by atoms with van der Waals surface area (Å²) >= 11 is 0. The lowest BCUT2D eigenvalue weighted by Crippen LogP contribution is -2.43. The van der Waals surface area contributed by atoms with Crippen molar-refractivity contribution in [1.82, 2.24) is 4.90 Å². The Morgan fingerprint density at radius 3 is 2.71 bits per heavy atom. The van der Waals surface area contributed by atoms with Gasteiger partial charge >= 0.3 is 12.0 Å². The van der Waals surface area contributed by atoms with Gasteiger partial charge in [-0.15, -0.1) is 0 Å². The van der Waals surface area contributed by atoms with Gasteiger partial charge in [0.25, 0.3) is 0 Å². The minimum absolute atomic E-state index is 0.0211. The first kappa shape index (κ1) is 15.4. The summed E-state index contributed by atoms with van der Waals surface area (Å²) in [4.78, 5) is 27.3. The second kappa shape index (κ2) is 6.61. The van der Waals surface area contributed by atoms with Crippen molar-refractivity contribution in [1.29, 1.82) is 0 Å². The first-order chi connectivity index (χ1) is 10.1. The van der Waals surface area contributed by atoms with Gasteiger partial charge in [-0.3, -0.25) is 4.90 Å². The summed E-state index contributed by atoms with van der Waals surface area (Å²) in [5.41, 5.74) is 2.01. The molecule has 0 radical (unpaired) electrons. The van der Waals surface area contributed by atoms with Crippen LogP contribution in [0.5, 0.6) is 0 Å². The van der Waals surface area contributed by atoms with Crippen LogP contribution in [0, 0.1) is 0 Å². The van der Waals surface area contributed by atoms with E-state index in [4.69, 9.17) is 5.11 Å². The van der Waals surface area contributed by atoms with Crippen LogP contribution in [0.4, 0.5) is 10.5 Å². The van der Waals surface area contributed by atoms with E-state index in [2.05, 4.69) is 6.92 Å². The largest absolute Gasteiger partial charge is 0.478 e. The van der Waals surface area contributed by atoms with E-state index >= 15 is 0 Å². The SMILES string of the molecule is CCCCN(CC)C(=O)N1CCc2ccc(C(=O)O)cc21. The zero-order valence-corrected chi connectivity index (χ0v) is 12.6. The van der Waals surface area contributed by atoms with Crippen LogP contribution < -0.4 is 4.90 Å². The molecule has 1 aliphatic heterocycles. The highest BCUT2D eigenvalue weighted by Gasteiger charge is 2.28. The van der Waals surface area contributed by atoms with Gasteiger partial charge in [0.15, 0.2) is 0 Å². The van der Waals surface area contributed by atoms with Gasteiger partial charge in [-0.1, -0.05) is 19.4 Å². The number of benzene rings is 1. The fraction of sp³-hybridized carbons (Fsp3) is 0.500. The first-order valence-electron chi connectivity index (χ1n) is 7.51. The minimum Gasteiger partial charge on any atom is -0.478 e. The molecule has 0 fully saturated rings. The zero-order valence-electron chi connectivity index (χ0n) is 12.6. The predicted octanol–water partition coefficient (Wildman–Crippen LogP) is 2.99. The molecule has 0 atom stereocenters. The maximum absolute atomic E-state index is 12.6. The molecule has 0 spiro atoms. The minimum atomic E-state index is -0.963. The lowest BCUT2D eigenvalue weighted by Gasteiger charge is -2.27. The van der Waals surface area contributed by atoms with Crippen molar-refractivity contribution >= 4 is 17.7 Å². The number of amides is 2. The number of fused-ring (bicyclic) bond motifs is 1. The Kier molecular flexibility index (Phi) is 4.83. The molecular formula is C16H22N2O3. The fourth-order valence-electron chi connectivity index (χ4n) is 2.62. The molecule has 1 aliphatic rings. The van der Waals surface area contributed by atoms with Crippen molar-refractivity contribution in [2.45, 2.75) is 33.1 Å². The van der Waals surface area contributed by atoms with E-state index in [0.717, 1.165) is 37.1 Å². The fourth-order valence-corrected chi connectivity index (χ4v) is 2.62. The standard InChI is InChI=1S/C16H22N2O3/c1-3-5-9-17(4-2)16(21)18-10-8-12-6-7-13(15(19)20)11-14(12)18/h6-7,11H,3-5,8-10H2,1-2H3,(H,19,20). The van der Waals surface area contributed by atoms with Crippen LogP contribution in [0.2, 0.25) is 0 Å². The van der Waals surface area contributed by atoms with Gasteiger partial charge < -0.3 is 10.0 Å². The lowest BCUT2D eigenvalue weighted by molar-refractivity contribution is 0.0697. The summed E-state index contributed by atoms with van der Waals surface area (Å²) in [7, 11) is 0. The topological polar surface area (TPSA) is 60.9 Å².